The molecule has 1 heteroatoms. The lowest BCUT2D eigenvalue weighted by molar-refractivity contribution is -0.124. The first-order chi connectivity index (χ1) is 10.4. The lowest BCUT2D eigenvalue weighted by Crippen LogP contribution is -2.26. The van der Waals surface area contributed by atoms with Crippen molar-refractivity contribution in [2.75, 3.05) is 0 Å². The van der Waals surface area contributed by atoms with Crippen molar-refractivity contribution in [1.82, 2.24) is 0 Å². The van der Waals surface area contributed by atoms with Gasteiger partial charge in [0.2, 0.25) is 0 Å². The molecule has 0 aliphatic carbocycles. The van der Waals surface area contributed by atoms with Crippen LogP contribution in [0, 0.1) is 11.3 Å². The van der Waals surface area contributed by atoms with E-state index >= 15 is 0 Å². The van der Waals surface area contributed by atoms with E-state index in [2.05, 4.69) is 27.7 Å². The molecule has 1 unspecified atom stereocenters. The van der Waals surface area contributed by atoms with E-state index in [4.69, 9.17) is 0 Å². The molecule has 0 aliphatic rings. The topological polar surface area (TPSA) is 17.1 Å². The molecule has 132 valence electrons. The molecule has 0 aliphatic heterocycles. The molecule has 1 nitrogen and oxygen atoms in total. The maximum Gasteiger partial charge on any atom is 0.133 e. The van der Waals surface area contributed by atoms with Crippen LogP contribution >= 0.6 is 0 Å². The van der Waals surface area contributed by atoms with Gasteiger partial charge in [0.1, 0.15) is 5.78 Å². The first-order valence-electron chi connectivity index (χ1n) is 9.90. The highest BCUT2D eigenvalue weighted by Gasteiger charge is 2.27. The molecule has 0 spiro atoms. The Kier molecular flexibility index (Phi) is 12.9. The molecule has 0 saturated heterocycles. The number of carbonyl (C=O) groups excluding carboxylic acids is 1. The van der Waals surface area contributed by atoms with Gasteiger partial charge in [-0.3, -0.25) is 4.79 Å². The van der Waals surface area contributed by atoms with E-state index in [1.54, 1.807) is 6.92 Å². The molecule has 1 atom stereocenters. The predicted molar refractivity (Wildman–Crippen MR) is 99.3 cm³/mol. The Labute approximate surface area is 140 Å². The number of ketones is 1. The van der Waals surface area contributed by atoms with Gasteiger partial charge in [0.05, 0.1) is 0 Å². The molecular formula is C21H42O. The summed E-state index contributed by atoms with van der Waals surface area (Å²) in [6, 6.07) is 0. The predicted octanol–water partition coefficient (Wildman–Crippen LogP) is 7.33. The molecule has 0 aromatic heterocycles. The summed E-state index contributed by atoms with van der Waals surface area (Å²) >= 11 is 0. The fraction of sp³-hybridized carbons (Fsp3) is 0.952. The van der Waals surface area contributed by atoms with Crippen molar-refractivity contribution in [3.8, 4) is 0 Å². The molecule has 0 aromatic carbocycles. The van der Waals surface area contributed by atoms with Crippen molar-refractivity contribution in [1.29, 1.82) is 0 Å². The molecule has 0 bridgehead atoms. The van der Waals surface area contributed by atoms with E-state index in [-0.39, 0.29) is 11.3 Å². The van der Waals surface area contributed by atoms with Crippen LogP contribution in [0.25, 0.3) is 0 Å². The normalized spacial score (nSPS) is 13.3. The van der Waals surface area contributed by atoms with Gasteiger partial charge < -0.3 is 0 Å². The third-order valence-corrected chi connectivity index (χ3v) is 4.88. The van der Waals surface area contributed by atoms with Crippen molar-refractivity contribution >= 4 is 5.78 Å². The van der Waals surface area contributed by atoms with Crippen LogP contribution in [0.1, 0.15) is 118 Å². The second-order valence-electron chi connectivity index (χ2n) is 8.21. The highest BCUT2D eigenvalue weighted by Crippen LogP contribution is 2.31. The zero-order valence-corrected chi connectivity index (χ0v) is 16.2. The second kappa shape index (κ2) is 13.1. The van der Waals surface area contributed by atoms with Gasteiger partial charge in [-0.2, -0.15) is 0 Å². The first-order valence-corrected chi connectivity index (χ1v) is 9.90. The lowest BCUT2D eigenvalue weighted by atomic mass is 9.75. The molecule has 0 amide bonds. The maximum atomic E-state index is 11.7. The van der Waals surface area contributed by atoms with Crippen LogP contribution in [0.5, 0.6) is 0 Å². The van der Waals surface area contributed by atoms with Crippen LogP contribution in [0.4, 0.5) is 0 Å². The summed E-state index contributed by atoms with van der Waals surface area (Å²) < 4.78 is 0. The first kappa shape index (κ1) is 21.7. The van der Waals surface area contributed by atoms with Crippen molar-refractivity contribution < 1.29 is 4.79 Å². The largest absolute Gasteiger partial charge is 0.300 e. The average Bonchev–Trinajstić information content (AvgIpc) is 2.42. The van der Waals surface area contributed by atoms with E-state index in [0.717, 1.165) is 6.42 Å². The Bertz CT molecular complexity index is 262. The smallest absolute Gasteiger partial charge is 0.133 e. The van der Waals surface area contributed by atoms with E-state index in [0.29, 0.717) is 5.78 Å². The van der Waals surface area contributed by atoms with Gasteiger partial charge in [0.25, 0.3) is 0 Å². The minimum Gasteiger partial charge on any atom is -0.300 e. The van der Waals surface area contributed by atoms with Crippen LogP contribution in [0.3, 0.4) is 0 Å². The van der Waals surface area contributed by atoms with Gasteiger partial charge >= 0.3 is 0 Å². The summed E-state index contributed by atoms with van der Waals surface area (Å²) in [5.41, 5.74) is 0.129. The Morgan fingerprint density at radius 2 is 1.09 bits per heavy atom. The third-order valence-electron chi connectivity index (χ3n) is 4.88. The fourth-order valence-corrected chi connectivity index (χ4v) is 3.44. The van der Waals surface area contributed by atoms with Gasteiger partial charge in [-0.25, -0.2) is 0 Å². The van der Waals surface area contributed by atoms with Crippen LogP contribution in [-0.4, -0.2) is 5.78 Å². The van der Waals surface area contributed by atoms with Crippen molar-refractivity contribution in [2.45, 2.75) is 118 Å². The van der Waals surface area contributed by atoms with Crippen LogP contribution in [-0.2, 0) is 4.79 Å². The summed E-state index contributed by atoms with van der Waals surface area (Å²) in [6.07, 6.45) is 17.7. The summed E-state index contributed by atoms with van der Waals surface area (Å²) in [4.78, 5) is 11.7. The number of rotatable bonds is 14. The second-order valence-corrected chi connectivity index (χ2v) is 8.21. The standard InChI is InChI=1S/C21H42O/c1-6-7-8-9-10-11-12-13-14-15-16-17-18-20(19(2)22)21(3,4)5/h20H,6-18H2,1-5H3. The van der Waals surface area contributed by atoms with E-state index in [9.17, 15) is 4.79 Å². The van der Waals surface area contributed by atoms with Gasteiger partial charge in [0, 0.05) is 5.92 Å². The van der Waals surface area contributed by atoms with Gasteiger partial charge in [-0.05, 0) is 18.8 Å². The van der Waals surface area contributed by atoms with Crippen molar-refractivity contribution in [3.63, 3.8) is 0 Å². The SMILES string of the molecule is CCCCCCCCCCCCCCC(C(C)=O)C(C)(C)C. The minimum absolute atomic E-state index is 0.129. The molecule has 0 heterocycles. The van der Waals surface area contributed by atoms with Crippen molar-refractivity contribution in [2.24, 2.45) is 11.3 Å². The molecule has 22 heavy (non-hydrogen) atoms. The Morgan fingerprint density at radius 1 is 0.727 bits per heavy atom. The number of hydrogen-bond donors (Lipinski definition) is 0. The molecule has 0 rings (SSSR count). The van der Waals surface area contributed by atoms with Gasteiger partial charge in [0.15, 0.2) is 0 Å². The summed E-state index contributed by atoms with van der Waals surface area (Å²) in [5.74, 6) is 0.617. The molecular weight excluding hydrogens is 268 g/mol. The van der Waals surface area contributed by atoms with Crippen LogP contribution < -0.4 is 0 Å². The minimum atomic E-state index is 0.129. The quantitative estimate of drug-likeness (QED) is 0.307. The Hall–Kier alpha value is -0.330. The highest BCUT2D eigenvalue weighted by molar-refractivity contribution is 5.78. The monoisotopic (exact) mass is 310 g/mol. The average molecular weight is 311 g/mol. The summed E-state index contributed by atoms with van der Waals surface area (Å²) in [7, 11) is 0. The fourth-order valence-electron chi connectivity index (χ4n) is 3.44. The van der Waals surface area contributed by atoms with E-state index in [1.807, 2.05) is 0 Å². The third kappa shape index (κ3) is 12.2. The maximum absolute atomic E-state index is 11.7. The summed E-state index contributed by atoms with van der Waals surface area (Å²) in [6.45, 7) is 10.6. The molecule has 0 saturated carbocycles. The number of hydrogen-bond acceptors (Lipinski definition) is 1. The van der Waals surface area contributed by atoms with Crippen LogP contribution in [0.15, 0.2) is 0 Å². The Morgan fingerprint density at radius 3 is 1.41 bits per heavy atom. The van der Waals surface area contributed by atoms with Crippen molar-refractivity contribution in [3.05, 3.63) is 0 Å². The highest BCUT2D eigenvalue weighted by atomic mass is 16.1. The van der Waals surface area contributed by atoms with Crippen LogP contribution in [0.2, 0.25) is 0 Å². The molecule has 0 aromatic rings. The zero-order chi connectivity index (χ0) is 16.8. The number of Topliss-reactive ketones (excluding diaryl/α,β-unsaturated/α-hetero) is 1. The molecule has 0 radical (unpaired) electrons. The molecule has 0 fully saturated rings. The Balaban J connectivity index is 3.41. The van der Waals surface area contributed by atoms with Gasteiger partial charge in [-0.1, -0.05) is 105 Å². The number of unbranched alkanes of at least 4 members (excludes halogenated alkanes) is 11. The van der Waals surface area contributed by atoms with Gasteiger partial charge in [-0.15, -0.1) is 0 Å². The molecule has 0 N–H and O–H groups in total. The summed E-state index contributed by atoms with van der Waals surface area (Å²) in [5, 5.41) is 0. The zero-order valence-electron chi connectivity index (χ0n) is 16.2. The van der Waals surface area contributed by atoms with E-state index in [1.165, 1.54) is 77.0 Å². The lowest BCUT2D eigenvalue weighted by Gasteiger charge is -2.28. The van der Waals surface area contributed by atoms with E-state index < -0.39 is 0 Å². The number of carbonyl (C=O) groups is 1.